The van der Waals surface area contributed by atoms with Gasteiger partial charge in [0.15, 0.2) is 0 Å². The van der Waals surface area contributed by atoms with Crippen LogP contribution in [0.2, 0.25) is 0 Å². The summed E-state index contributed by atoms with van der Waals surface area (Å²) >= 11 is 0. The summed E-state index contributed by atoms with van der Waals surface area (Å²) < 4.78 is 5.66. The molecule has 21 heavy (non-hydrogen) atoms. The van der Waals surface area contributed by atoms with Crippen molar-refractivity contribution in [2.45, 2.75) is 37.7 Å². The summed E-state index contributed by atoms with van der Waals surface area (Å²) in [6.45, 7) is 2.21. The second-order valence-electron chi connectivity index (χ2n) is 5.98. The Labute approximate surface area is 127 Å². The van der Waals surface area contributed by atoms with Gasteiger partial charge in [-0.25, -0.2) is 0 Å². The second-order valence-corrected chi connectivity index (χ2v) is 5.98. The van der Waals surface area contributed by atoms with Crippen molar-refractivity contribution in [1.29, 1.82) is 5.26 Å². The highest BCUT2D eigenvalue weighted by Gasteiger charge is 2.31. The van der Waals surface area contributed by atoms with Gasteiger partial charge in [0, 0.05) is 13.1 Å². The van der Waals surface area contributed by atoms with Crippen LogP contribution in [0.5, 0.6) is 5.75 Å². The van der Waals surface area contributed by atoms with Gasteiger partial charge in [-0.05, 0) is 38.4 Å². The molecule has 0 saturated heterocycles. The lowest BCUT2D eigenvalue weighted by molar-refractivity contribution is 0.0155. The van der Waals surface area contributed by atoms with Gasteiger partial charge in [0.05, 0.1) is 17.8 Å². The minimum absolute atomic E-state index is 0.483. The third-order valence-electron chi connectivity index (χ3n) is 4.05. The van der Waals surface area contributed by atoms with Crippen molar-refractivity contribution in [2.75, 3.05) is 26.7 Å². The van der Waals surface area contributed by atoms with Gasteiger partial charge in [-0.3, -0.25) is 0 Å². The van der Waals surface area contributed by atoms with Gasteiger partial charge in [-0.1, -0.05) is 25.0 Å². The predicted octanol–water partition coefficient (Wildman–Crippen LogP) is 2.56. The van der Waals surface area contributed by atoms with Crippen molar-refractivity contribution < 1.29 is 9.84 Å². The van der Waals surface area contributed by atoms with Gasteiger partial charge in [0.1, 0.15) is 11.8 Å². The van der Waals surface area contributed by atoms with Crippen LogP contribution in [0.1, 0.15) is 37.7 Å². The molecule has 114 valence electrons. The van der Waals surface area contributed by atoms with Crippen molar-refractivity contribution >= 4 is 0 Å². The normalized spacial score (nSPS) is 16.9. The van der Waals surface area contributed by atoms with Crippen LogP contribution < -0.4 is 4.74 Å². The number of para-hydroxylation sites is 1. The molecule has 0 aromatic heterocycles. The first-order valence-electron chi connectivity index (χ1n) is 7.66. The van der Waals surface area contributed by atoms with E-state index in [0.29, 0.717) is 17.9 Å². The maximum Gasteiger partial charge on any atom is 0.137 e. The fourth-order valence-corrected chi connectivity index (χ4v) is 2.97. The van der Waals surface area contributed by atoms with E-state index >= 15 is 0 Å². The number of hydrogen-bond donors (Lipinski definition) is 1. The quantitative estimate of drug-likeness (QED) is 0.783. The molecular weight excluding hydrogens is 264 g/mol. The molecule has 1 saturated carbocycles. The third-order valence-corrected chi connectivity index (χ3v) is 4.05. The molecule has 4 heteroatoms. The van der Waals surface area contributed by atoms with E-state index < -0.39 is 5.60 Å². The van der Waals surface area contributed by atoms with E-state index in [1.807, 2.05) is 25.2 Å². The molecule has 1 aliphatic carbocycles. The highest BCUT2D eigenvalue weighted by Crippen LogP contribution is 2.29. The molecule has 4 nitrogen and oxygen atoms in total. The maximum atomic E-state index is 10.4. The van der Waals surface area contributed by atoms with Crippen molar-refractivity contribution in [3.63, 3.8) is 0 Å². The molecule has 0 radical (unpaired) electrons. The van der Waals surface area contributed by atoms with E-state index in [1.54, 1.807) is 6.07 Å². The molecule has 0 bridgehead atoms. The molecule has 0 spiro atoms. The molecule has 0 unspecified atom stereocenters. The van der Waals surface area contributed by atoms with Crippen LogP contribution in [0.25, 0.3) is 0 Å². The first-order valence-corrected chi connectivity index (χ1v) is 7.66. The fraction of sp³-hybridized carbons (Fsp3) is 0.588. The van der Waals surface area contributed by atoms with Gasteiger partial charge in [-0.2, -0.15) is 5.26 Å². The second kappa shape index (κ2) is 7.44. The van der Waals surface area contributed by atoms with E-state index in [2.05, 4.69) is 11.0 Å². The molecule has 0 aliphatic heterocycles. The Morgan fingerprint density at radius 3 is 2.76 bits per heavy atom. The van der Waals surface area contributed by atoms with E-state index in [-0.39, 0.29) is 0 Å². The average molecular weight is 288 g/mol. The molecule has 0 amide bonds. The lowest BCUT2D eigenvalue weighted by Gasteiger charge is -2.28. The zero-order chi connectivity index (χ0) is 15.1. The average Bonchev–Trinajstić information content (AvgIpc) is 2.90. The SMILES string of the molecule is CN(CCCOc1ccccc1C#N)CC1(O)CCCC1. The standard InChI is InChI=1S/C17H24N2O2/c1-19(14-17(20)9-4-5-10-17)11-6-12-21-16-8-3-2-7-15(16)13-18/h2-3,7-8,20H,4-6,9-12,14H2,1H3. The number of benzene rings is 1. The lowest BCUT2D eigenvalue weighted by atomic mass is 10.0. The smallest absolute Gasteiger partial charge is 0.137 e. The van der Waals surface area contributed by atoms with Crippen molar-refractivity contribution in [3.05, 3.63) is 29.8 Å². The summed E-state index contributed by atoms with van der Waals surface area (Å²) in [5.74, 6) is 0.650. The number of nitriles is 1. The van der Waals surface area contributed by atoms with Gasteiger partial charge in [0.2, 0.25) is 0 Å². The molecule has 1 aromatic rings. The highest BCUT2D eigenvalue weighted by atomic mass is 16.5. The van der Waals surface area contributed by atoms with Crippen LogP contribution in [0, 0.1) is 11.3 Å². The Morgan fingerprint density at radius 2 is 2.05 bits per heavy atom. The molecule has 1 aliphatic rings. The van der Waals surface area contributed by atoms with Gasteiger partial charge in [-0.15, -0.1) is 0 Å². The van der Waals surface area contributed by atoms with E-state index in [9.17, 15) is 5.11 Å². The van der Waals surface area contributed by atoms with Crippen LogP contribution in [-0.2, 0) is 0 Å². The van der Waals surface area contributed by atoms with Gasteiger partial charge in [0.25, 0.3) is 0 Å². The zero-order valence-electron chi connectivity index (χ0n) is 12.7. The highest BCUT2D eigenvalue weighted by molar-refractivity contribution is 5.42. The van der Waals surface area contributed by atoms with E-state index in [4.69, 9.17) is 10.00 Å². The van der Waals surface area contributed by atoms with Crippen molar-refractivity contribution in [3.8, 4) is 11.8 Å². The number of likely N-dealkylation sites (N-methyl/N-ethyl adjacent to an activating group) is 1. The third kappa shape index (κ3) is 4.73. The first kappa shape index (κ1) is 15.8. The number of nitrogens with zero attached hydrogens (tertiary/aromatic N) is 2. The Balaban J connectivity index is 1.68. The van der Waals surface area contributed by atoms with Crippen LogP contribution in [0.15, 0.2) is 24.3 Å². The van der Waals surface area contributed by atoms with Crippen molar-refractivity contribution in [1.82, 2.24) is 4.90 Å². The molecule has 2 rings (SSSR count). The number of aliphatic hydroxyl groups is 1. The van der Waals surface area contributed by atoms with Crippen LogP contribution in [0.3, 0.4) is 0 Å². The van der Waals surface area contributed by atoms with E-state index in [1.165, 1.54) is 0 Å². The molecule has 1 fully saturated rings. The summed E-state index contributed by atoms with van der Waals surface area (Å²) in [6, 6.07) is 9.42. The lowest BCUT2D eigenvalue weighted by Crippen LogP contribution is -2.39. The van der Waals surface area contributed by atoms with Gasteiger partial charge >= 0.3 is 0 Å². The molecule has 1 aromatic carbocycles. The monoisotopic (exact) mass is 288 g/mol. The maximum absolute atomic E-state index is 10.4. The van der Waals surface area contributed by atoms with E-state index in [0.717, 1.165) is 45.2 Å². The number of hydrogen-bond acceptors (Lipinski definition) is 4. The Bertz CT molecular complexity index is 490. The van der Waals surface area contributed by atoms with Crippen LogP contribution in [0.4, 0.5) is 0 Å². The number of ether oxygens (including phenoxy) is 1. The van der Waals surface area contributed by atoms with Gasteiger partial charge < -0.3 is 14.7 Å². The largest absolute Gasteiger partial charge is 0.492 e. The summed E-state index contributed by atoms with van der Waals surface area (Å²) in [5.41, 5.74) is 0.0920. The summed E-state index contributed by atoms with van der Waals surface area (Å²) in [6.07, 6.45) is 5.00. The minimum Gasteiger partial charge on any atom is -0.492 e. The molecular formula is C17H24N2O2. The van der Waals surface area contributed by atoms with Crippen molar-refractivity contribution in [2.24, 2.45) is 0 Å². The summed E-state index contributed by atoms with van der Waals surface area (Å²) in [7, 11) is 2.04. The first-order chi connectivity index (χ1) is 10.1. The summed E-state index contributed by atoms with van der Waals surface area (Å²) in [4.78, 5) is 2.17. The molecule has 1 N–H and O–H groups in total. The fourth-order valence-electron chi connectivity index (χ4n) is 2.97. The molecule has 0 atom stereocenters. The van der Waals surface area contributed by atoms with Crippen LogP contribution in [-0.4, -0.2) is 42.4 Å². The Hall–Kier alpha value is -1.57. The predicted molar refractivity (Wildman–Crippen MR) is 82.2 cm³/mol. The number of rotatable bonds is 7. The zero-order valence-corrected chi connectivity index (χ0v) is 12.7. The Kier molecular flexibility index (Phi) is 5.60. The summed E-state index contributed by atoms with van der Waals surface area (Å²) in [5, 5.41) is 19.3. The minimum atomic E-state index is -0.483. The Morgan fingerprint density at radius 1 is 1.33 bits per heavy atom. The molecule has 0 heterocycles. The topological polar surface area (TPSA) is 56.5 Å². The van der Waals surface area contributed by atoms with Crippen LogP contribution >= 0.6 is 0 Å².